The number of halogens is 2. The van der Waals surface area contributed by atoms with Crippen molar-refractivity contribution in [1.82, 2.24) is 0 Å². The maximum atomic E-state index is 13.0. The fraction of sp³-hybridized carbons (Fsp3) is 0.300. The monoisotopic (exact) mass is 247 g/mol. The number of carbonyl (C=O) groups excluding carboxylic acids is 1. The van der Waals surface area contributed by atoms with E-state index >= 15 is 0 Å². The molecule has 1 rings (SSSR count). The van der Waals surface area contributed by atoms with Gasteiger partial charge in [0.05, 0.1) is 12.0 Å². The summed E-state index contributed by atoms with van der Waals surface area (Å²) in [6.45, 7) is 4.00. The zero-order chi connectivity index (χ0) is 13.6. The molecule has 0 aliphatic rings. The second kappa shape index (κ2) is 6.51. The minimum absolute atomic E-state index is 0.268. The molecule has 17 heavy (non-hydrogen) atoms. The van der Waals surface area contributed by atoms with Crippen LogP contribution in [0.1, 0.15) is 24.2 Å². The highest BCUT2D eigenvalue weighted by atomic mass is 19.1. The average Bonchev–Trinajstić information content (AvgIpc) is 2.30. The highest BCUT2D eigenvalue weighted by Crippen LogP contribution is 2.21. The SMILES string of the molecule is CC.COC(=O)c1cc([N+](=O)[O-])c(F)cc1F. The maximum absolute atomic E-state index is 13.0. The first-order valence-corrected chi connectivity index (χ1v) is 4.69. The van der Waals surface area contributed by atoms with E-state index in [2.05, 4.69) is 4.74 Å². The topological polar surface area (TPSA) is 69.4 Å². The first kappa shape index (κ1) is 14.9. The molecule has 0 aromatic heterocycles. The molecule has 0 aliphatic carbocycles. The summed E-state index contributed by atoms with van der Waals surface area (Å²) in [6.07, 6.45) is 0. The lowest BCUT2D eigenvalue weighted by Gasteiger charge is -2.01. The standard InChI is InChI=1S/C8H5F2NO4.C2H6/c1-15-8(12)4-2-7(11(13)14)6(10)3-5(4)9;1-2/h2-3H,1H3;1-2H3. The summed E-state index contributed by atoms with van der Waals surface area (Å²) in [5, 5.41) is 10.3. The Morgan fingerprint density at radius 1 is 1.29 bits per heavy atom. The molecule has 0 spiro atoms. The van der Waals surface area contributed by atoms with E-state index in [4.69, 9.17) is 0 Å². The third kappa shape index (κ3) is 3.47. The zero-order valence-electron chi connectivity index (χ0n) is 9.49. The van der Waals surface area contributed by atoms with Gasteiger partial charge in [0.25, 0.3) is 0 Å². The Morgan fingerprint density at radius 3 is 2.24 bits per heavy atom. The van der Waals surface area contributed by atoms with E-state index in [1.807, 2.05) is 13.8 Å². The highest BCUT2D eigenvalue weighted by molar-refractivity contribution is 5.90. The van der Waals surface area contributed by atoms with E-state index in [0.717, 1.165) is 7.11 Å². The Hall–Kier alpha value is -2.05. The molecule has 0 saturated carbocycles. The molecular formula is C10H11F2NO4. The molecule has 0 heterocycles. The number of nitro benzene ring substituents is 1. The van der Waals surface area contributed by atoms with Gasteiger partial charge in [0.1, 0.15) is 11.4 Å². The van der Waals surface area contributed by atoms with E-state index in [1.54, 1.807) is 0 Å². The van der Waals surface area contributed by atoms with Crippen molar-refractivity contribution in [3.05, 3.63) is 39.4 Å². The van der Waals surface area contributed by atoms with Crippen LogP contribution < -0.4 is 0 Å². The quantitative estimate of drug-likeness (QED) is 0.457. The summed E-state index contributed by atoms with van der Waals surface area (Å²) < 4.78 is 30.0. The number of nitrogens with zero attached hydrogens (tertiary/aromatic N) is 1. The Bertz CT molecular complexity index is 435. The molecule has 0 atom stereocenters. The summed E-state index contributed by atoms with van der Waals surface area (Å²) in [4.78, 5) is 20.1. The first-order valence-electron chi connectivity index (χ1n) is 4.69. The number of methoxy groups -OCH3 is 1. The van der Waals surface area contributed by atoms with Crippen molar-refractivity contribution in [2.75, 3.05) is 7.11 Å². The summed E-state index contributed by atoms with van der Waals surface area (Å²) >= 11 is 0. The van der Waals surface area contributed by atoms with Gasteiger partial charge >= 0.3 is 11.7 Å². The molecule has 94 valence electrons. The van der Waals surface area contributed by atoms with Crippen molar-refractivity contribution in [2.24, 2.45) is 0 Å². The van der Waals surface area contributed by atoms with Gasteiger partial charge in [-0.3, -0.25) is 10.1 Å². The van der Waals surface area contributed by atoms with Crippen LogP contribution in [-0.2, 0) is 4.74 Å². The molecular weight excluding hydrogens is 236 g/mol. The number of ether oxygens (including phenoxy) is 1. The summed E-state index contributed by atoms with van der Waals surface area (Å²) in [5.74, 6) is -3.65. The Balaban J connectivity index is 0.00000121. The van der Waals surface area contributed by atoms with Gasteiger partial charge in [0, 0.05) is 12.1 Å². The van der Waals surface area contributed by atoms with Crippen molar-refractivity contribution in [3.63, 3.8) is 0 Å². The molecule has 0 bridgehead atoms. The van der Waals surface area contributed by atoms with Gasteiger partial charge in [-0.2, -0.15) is 4.39 Å². The number of carbonyl (C=O) groups is 1. The summed E-state index contributed by atoms with van der Waals surface area (Å²) in [6, 6.07) is 0.765. The highest BCUT2D eigenvalue weighted by Gasteiger charge is 2.22. The second-order valence-electron chi connectivity index (χ2n) is 2.53. The van der Waals surface area contributed by atoms with Crippen molar-refractivity contribution in [1.29, 1.82) is 0 Å². The predicted molar refractivity (Wildman–Crippen MR) is 55.7 cm³/mol. The lowest BCUT2D eigenvalue weighted by molar-refractivity contribution is -0.387. The molecule has 0 N–H and O–H groups in total. The molecule has 5 nitrogen and oxygen atoms in total. The molecule has 0 saturated heterocycles. The fourth-order valence-corrected chi connectivity index (χ4v) is 0.944. The molecule has 0 unspecified atom stereocenters. The number of hydrogen-bond donors (Lipinski definition) is 0. The van der Waals surface area contributed by atoms with Crippen LogP contribution in [0.4, 0.5) is 14.5 Å². The molecule has 0 amide bonds. The van der Waals surface area contributed by atoms with Gasteiger partial charge in [0.15, 0.2) is 0 Å². The van der Waals surface area contributed by atoms with Crippen LogP contribution in [0.25, 0.3) is 0 Å². The average molecular weight is 247 g/mol. The summed E-state index contributed by atoms with van der Waals surface area (Å²) in [5.41, 5.74) is -1.65. The lowest BCUT2D eigenvalue weighted by Crippen LogP contribution is -2.06. The van der Waals surface area contributed by atoms with E-state index in [0.29, 0.717) is 6.07 Å². The fourth-order valence-electron chi connectivity index (χ4n) is 0.944. The van der Waals surface area contributed by atoms with Gasteiger partial charge in [-0.15, -0.1) is 0 Å². The van der Waals surface area contributed by atoms with Gasteiger partial charge in [-0.25, -0.2) is 9.18 Å². The van der Waals surface area contributed by atoms with Crippen LogP contribution in [0.5, 0.6) is 0 Å². The zero-order valence-corrected chi connectivity index (χ0v) is 9.49. The van der Waals surface area contributed by atoms with Gasteiger partial charge in [-0.05, 0) is 0 Å². The Kier molecular flexibility index (Phi) is 5.73. The largest absolute Gasteiger partial charge is 0.465 e. The van der Waals surface area contributed by atoms with Crippen LogP contribution >= 0.6 is 0 Å². The normalized spacial score (nSPS) is 9.00. The number of rotatable bonds is 2. The van der Waals surface area contributed by atoms with Gasteiger partial charge < -0.3 is 4.74 Å². The van der Waals surface area contributed by atoms with Crippen LogP contribution in [0.15, 0.2) is 12.1 Å². The molecule has 0 fully saturated rings. The van der Waals surface area contributed by atoms with Crippen LogP contribution in [0, 0.1) is 21.7 Å². The first-order chi connectivity index (χ1) is 7.97. The minimum Gasteiger partial charge on any atom is -0.465 e. The van der Waals surface area contributed by atoms with E-state index in [1.165, 1.54) is 0 Å². The van der Waals surface area contributed by atoms with Crippen LogP contribution in [0.2, 0.25) is 0 Å². The molecule has 1 aromatic carbocycles. The van der Waals surface area contributed by atoms with E-state index in [-0.39, 0.29) is 6.07 Å². The number of nitro groups is 1. The lowest BCUT2D eigenvalue weighted by atomic mass is 10.2. The predicted octanol–water partition coefficient (Wildman–Crippen LogP) is 2.69. The smallest absolute Gasteiger partial charge is 0.341 e. The van der Waals surface area contributed by atoms with E-state index in [9.17, 15) is 23.7 Å². The van der Waals surface area contributed by atoms with Gasteiger partial charge in [-0.1, -0.05) is 13.8 Å². The molecule has 0 aliphatic heterocycles. The van der Waals surface area contributed by atoms with Crippen molar-refractivity contribution in [2.45, 2.75) is 13.8 Å². The second-order valence-corrected chi connectivity index (χ2v) is 2.53. The van der Waals surface area contributed by atoms with Crippen LogP contribution in [0.3, 0.4) is 0 Å². The third-order valence-electron chi connectivity index (χ3n) is 1.64. The van der Waals surface area contributed by atoms with Crippen molar-refractivity contribution < 1.29 is 23.2 Å². The number of esters is 1. The minimum atomic E-state index is -1.34. The molecule has 0 radical (unpaired) electrons. The molecule has 1 aromatic rings. The number of hydrogen-bond acceptors (Lipinski definition) is 4. The van der Waals surface area contributed by atoms with E-state index < -0.39 is 33.8 Å². The van der Waals surface area contributed by atoms with Crippen LogP contribution in [-0.4, -0.2) is 18.0 Å². The maximum Gasteiger partial charge on any atom is 0.341 e. The summed E-state index contributed by atoms with van der Waals surface area (Å²) in [7, 11) is 0.983. The van der Waals surface area contributed by atoms with Crippen molar-refractivity contribution >= 4 is 11.7 Å². The Labute approximate surface area is 96.2 Å². The Morgan fingerprint density at radius 2 is 1.82 bits per heavy atom. The van der Waals surface area contributed by atoms with Gasteiger partial charge in [0.2, 0.25) is 5.82 Å². The third-order valence-corrected chi connectivity index (χ3v) is 1.64. The molecule has 7 heteroatoms. The number of benzene rings is 1. The van der Waals surface area contributed by atoms with Crippen molar-refractivity contribution in [3.8, 4) is 0 Å².